The average molecular weight is 291 g/mol. The molecule has 2 rings (SSSR count). The first kappa shape index (κ1) is 15.8. The smallest absolute Gasteiger partial charge is 0.234 e. The van der Waals surface area contributed by atoms with E-state index in [0.717, 1.165) is 24.2 Å². The Labute approximate surface area is 126 Å². The zero-order valence-electron chi connectivity index (χ0n) is 12.7. The zero-order chi connectivity index (χ0) is 15.1. The summed E-state index contributed by atoms with van der Waals surface area (Å²) in [5.74, 6) is 0.0764. The van der Waals surface area contributed by atoms with Crippen LogP contribution in [0.15, 0.2) is 24.3 Å². The maximum atomic E-state index is 12.0. The molecule has 5 nitrogen and oxygen atoms in total. The van der Waals surface area contributed by atoms with Crippen LogP contribution >= 0.6 is 0 Å². The van der Waals surface area contributed by atoms with E-state index < -0.39 is 0 Å². The summed E-state index contributed by atoms with van der Waals surface area (Å²) in [4.78, 5) is 14.2. The minimum atomic E-state index is 0.0764. The van der Waals surface area contributed by atoms with Gasteiger partial charge in [-0.25, -0.2) is 0 Å². The van der Waals surface area contributed by atoms with E-state index in [-0.39, 0.29) is 5.91 Å². The van der Waals surface area contributed by atoms with Crippen molar-refractivity contribution in [1.82, 2.24) is 10.2 Å². The quantitative estimate of drug-likeness (QED) is 0.533. The van der Waals surface area contributed by atoms with E-state index >= 15 is 0 Å². The molecule has 0 heterocycles. The van der Waals surface area contributed by atoms with Gasteiger partial charge in [-0.05, 0) is 30.9 Å². The van der Waals surface area contributed by atoms with E-state index in [1.807, 2.05) is 24.3 Å². The summed E-state index contributed by atoms with van der Waals surface area (Å²) in [6, 6.07) is 8.38. The predicted molar refractivity (Wildman–Crippen MR) is 83.8 cm³/mol. The van der Waals surface area contributed by atoms with Crippen molar-refractivity contribution in [3.63, 3.8) is 0 Å². The Bertz CT molecular complexity index is 461. The highest BCUT2D eigenvalue weighted by atomic mass is 16.5. The van der Waals surface area contributed by atoms with Gasteiger partial charge < -0.3 is 15.8 Å². The molecule has 0 aromatic heterocycles. The van der Waals surface area contributed by atoms with Gasteiger partial charge in [0.25, 0.3) is 0 Å². The second kappa shape index (κ2) is 8.00. The van der Waals surface area contributed by atoms with E-state index in [0.29, 0.717) is 25.7 Å². The molecule has 1 amide bonds. The minimum absolute atomic E-state index is 0.0764. The predicted octanol–water partition coefficient (Wildman–Crippen LogP) is 1.39. The molecule has 0 saturated heterocycles. The van der Waals surface area contributed by atoms with Crippen molar-refractivity contribution in [2.24, 2.45) is 0 Å². The van der Waals surface area contributed by atoms with Crippen molar-refractivity contribution in [1.29, 1.82) is 0 Å². The molecule has 1 aromatic rings. The summed E-state index contributed by atoms with van der Waals surface area (Å²) in [5.41, 5.74) is 7.88. The van der Waals surface area contributed by atoms with Crippen LogP contribution in [-0.4, -0.2) is 43.7 Å². The fraction of sp³-hybridized carbons (Fsp3) is 0.562. The highest BCUT2D eigenvalue weighted by Gasteiger charge is 2.30. The monoisotopic (exact) mass is 291 g/mol. The molecule has 0 unspecified atom stereocenters. The van der Waals surface area contributed by atoms with Crippen LogP contribution in [0, 0.1) is 0 Å². The van der Waals surface area contributed by atoms with Gasteiger partial charge in [0.15, 0.2) is 0 Å². The third kappa shape index (κ3) is 5.36. The van der Waals surface area contributed by atoms with E-state index in [2.05, 4.69) is 10.2 Å². The zero-order valence-corrected chi connectivity index (χ0v) is 12.7. The largest absolute Gasteiger partial charge is 0.398 e. The number of para-hydroxylation sites is 1. The number of methoxy groups -OCH3 is 1. The molecular weight excluding hydrogens is 266 g/mol. The molecule has 21 heavy (non-hydrogen) atoms. The topological polar surface area (TPSA) is 67.6 Å². The van der Waals surface area contributed by atoms with Crippen LogP contribution in [0.3, 0.4) is 0 Å². The lowest BCUT2D eigenvalue weighted by molar-refractivity contribution is -0.122. The lowest BCUT2D eigenvalue weighted by Crippen LogP contribution is -2.38. The summed E-state index contributed by atoms with van der Waals surface area (Å²) in [5, 5.41) is 2.94. The molecule has 1 saturated carbocycles. The van der Waals surface area contributed by atoms with E-state index in [9.17, 15) is 4.79 Å². The van der Waals surface area contributed by atoms with Crippen LogP contribution < -0.4 is 11.1 Å². The Balaban J connectivity index is 1.82. The summed E-state index contributed by atoms with van der Waals surface area (Å²) in [6.45, 7) is 2.51. The lowest BCUT2D eigenvalue weighted by atomic mass is 10.1. The van der Waals surface area contributed by atoms with E-state index in [4.69, 9.17) is 10.5 Å². The molecule has 0 atom stereocenters. The number of benzene rings is 1. The van der Waals surface area contributed by atoms with Gasteiger partial charge in [0, 0.05) is 38.5 Å². The number of anilines is 1. The number of nitrogen functional groups attached to an aromatic ring is 1. The molecule has 5 heteroatoms. The van der Waals surface area contributed by atoms with Gasteiger partial charge in [-0.15, -0.1) is 0 Å². The molecule has 1 aromatic carbocycles. The number of nitrogens with one attached hydrogen (secondary N) is 1. The maximum absolute atomic E-state index is 12.0. The van der Waals surface area contributed by atoms with Crippen molar-refractivity contribution >= 4 is 11.6 Å². The normalized spacial score (nSPS) is 14.4. The van der Waals surface area contributed by atoms with Crippen LogP contribution in [-0.2, 0) is 16.1 Å². The van der Waals surface area contributed by atoms with Gasteiger partial charge in [0.05, 0.1) is 6.54 Å². The SMILES string of the molecule is COCCCNC(=O)CN(Cc1ccccc1N)C1CC1. The summed E-state index contributed by atoms with van der Waals surface area (Å²) in [6.07, 6.45) is 3.19. The number of rotatable bonds is 9. The van der Waals surface area contributed by atoms with Gasteiger partial charge >= 0.3 is 0 Å². The summed E-state index contributed by atoms with van der Waals surface area (Å²) in [7, 11) is 1.67. The third-order valence-corrected chi connectivity index (χ3v) is 3.69. The molecule has 3 N–H and O–H groups in total. The van der Waals surface area contributed by atoms with Crippen LogP contribution in [0.4, 0.5) is 5.69 Å². The van der Waals surface area contributed by atoms with Gasteiger partial charge in [-0.3, -0.25) is 9.69 Å². The molecular formula is C16H25N3O2. The molecule has 1 aliphatic rings. The standard InChI is InChI=1S/C16H25N3O2/c1-21-10-4-9-18-16(20)12-19(14-7-8-14)11-13-5-2-3-6-15(13)17/h2-3,5-6,14H,4,7-12,17H2,1H3,(H,18,20). The van der Waals surface area contributed by atoms with Crippen molar-refractivity contribution < 1.29 is 9.53 Å². The van der Waals surface area contributed by atoms with Crippen molar-refractivity contribution in [3.8, 4) is 0 Å². The minimum Gasteiger partial charge on any atom is -0.398 e. The number of hydrogen-bond donors (Lipinski definition) is 2. The first-order chi connectivity index (χ1) is 10.2. The molecule has 0 bridgehead atoms. The van der Waals surface area contributed by atoms with Gasteiger partial charge in [0.2, 0.25) is 5.91 Å². The van der Waals surface area contributed by atoms with Crippen molar-refractivity contribution in [3.05, 3.63) is 29.8 Å². The summed E-state index contributed by atoms with van der Waals surface area (Å²) >= 11 is 0. The first-order valence-electron chi connectivity index (χ1n) is 7.53. The Kier molecular flexibility index (Phi) is 6.02. The van der Waals surface area contributed by atoms with E-state index in [1.165, 1.54) is 12.8 Å². The summed E-state index contributed by atoms with van der Waals surface area (Å²) < 4.78 is 4.97. The molecule has 0 spiro atoms. The Morgan fingerprint density at radius 1 is 1.43 bits per heavy atom. The third-order valence-electron chi connectivity index (χ3n) is 3.69. The second-order valence-corrected chi connectivity index (χ2v) is 5.53. The van der Waals surface area contributed by atoms with Crippen molar-refractivity contribution in [2.75, 3.05) is 32.5 Å². The molecule has 0 aliphatic heterocycles. The van der Waals surface area contributed by atoms with Crippen LogP contribution in [0.2, 0.25) is 0 Å². The molecule has 1 fully saturated rings. The molecule has 0 radical (unpaired) electrons. The second-order valence-electron chi connectivity index (χ2n) is 5.53. The lowest BCUT2D eigenvalue weighted by Gasteiger charge is -2.22. The van der Waals surface area contributed by atoms with Gasteiger partial charge in [-0.1, -0.05) is 18.2 Å². The van der Waals surface area contributed by atoms with Gasteiger partial charge in [-0.2, -0.15) is 0 Å². The van der Waals surface area contributed by atoms with Crippen LogP contribution in [0.1, 0.15) is 24.8 Å². The average Bonchev–Trinajstić information content (AvgIpc) is 3.30. The number of carbonyl (C=O) groups is 1. The van der Waals surface area contributed by atoms with E-state index in [1.54, 1.807) is 7.11 Å². The highest BCUT2D eigenvalue weighted by molar-refractivity contribution is 5.78. The van der Waals surface area contributed by atoms with Crippen LogP contribution in [0.5, 0.6) is 0 Å². The number of amides is 1. The number of carbonyl (C=O) groups excluding carboxylic acids is 1. The number of nitrogens with two attached hydrogens (primary N) is 1. The first-order valence-corrected chi connectivity index (χ1v) is 7.53. The fourth-order valence-corrected chi connectivity index (χ4v) is 2.34. The molecule has 1 aliphatic carbocycles. The number of hydrogen-bond acceptors (Lipinski definition) is 4. The van der Waals surface area contributed by atoms with Crippen LogP contribution in [0.25, 0.3) is 0 Å². The number of nitrogens with zero attached hydrogens (tertiary/aromatic N) is 1. The highest BCUT2D eigenvalue weighted by Crippen LogP contribution is 2.28. The number of ether oxygens (including phenoxy) is 1. The van der Waals surface area contributed by atoms with Gasteiger partial charge in [0.1, 0.15) is 0 Å². The Hall–Kier alpha value is -1.59. The maximum Gasteiger partial charge on any atom is 0.234 e. The molecule has 116 valence electrons. The Morgan fingerprint density at radius 2 is 2.19 bits per heavy atom. The fourth-order valence-electron chi connectivity index (χ4n) is 2.34. The van der Waals surface area contributed by atoms with Crippen molar-refractivity contribution in [2.45, 2.75) is 31.8 Å². The Morgan fingerprint density at radius 3 is 2.86 bits per heavy atom.